The van der Waals surface area contributed by atoms with E-state index in [1.54, 1.807) is 30.3 Å². The number of rotatable bonds is 6. The maximum atomic E-state index is 11.9. The van der Waals surface area contributed by atoms with Crippen molar-refractivity contribution in [3.05, 3.63) is 71.8 Å². The molecule has 0 aromatic heterocycles. The van der Waals surface area contributed by atoms with Crippen molar-refractivity contribution in [1.82, 2.24) is 5.32 Å². The van der Waals surface area contributed by atoms with Crippen molar-refractivity contribution in [3.63, 3.8) is 0 Å². The topological polar surface area (TPSA) is 84.9 Å². The van der Waals surface area contributed by atoms with Gasteiger partial charge in [0.05, 0.1) is 0 Å². The molecule has 6 nitrogen and oxygen atoms in total. The number of nitrogens with one attached hydrogen (secondary N) is 1. The van der Waals surface area contributed by atoms with Gasteiger partial charge in [0, 0.05) is 12.2 Å². The van der Waals surface area contributed by atoms with Crippen LogP contribution in [0.4, 0.5) is 4.79 Å². The van der Waals surface area contributed by atoms with Crippen LogP contribution < -0.4 is 5.32 Å². The van der Waals surface area contributed by atoms with Crippen molar-refractivity contribution in [3.8, 4) is 0 Å². The van der Waals surface area contributed by atoms with Gasteiger partial charge in [-0.3, -0.25) is 14.4 Å². The van der Waals surface area contributed by atoms with E-state index in [1.807, 2.05) is 30.3 Å². The molecule has 122 valence electrons. The summed E-state index contributed by atoms with van der Waals surface area (Å²) in [5.74, 6) is 0. The first-order valence-electron chi connectivity index (χ1n) is 6.95. The Hall–Kier alpha value is -2.14. The molecule has 23 heavy (non-hydrogen) atoms. The van der Waals surface area contributed by atoms with Crippen molar-refractivity contribution in [2.75, 3.05) is 6.66 Å². The van der Waals surface area contributed by atoms with Gasteiger partial charge in [-0.15, -0.1) is 0 Å². The highest BCUT2D eigenvalue weighted by Gasteiger charge is 2.23. The molecule has 7 heteroatoms. The Morgan fingerprint density at radius 2 is 1.70 bits per heavy atom. The van der Waals surface area contributed by atoms with Crippen LogP contribution in [0.25, 0.3) is 0 Å². The molecule has 0 aliphatic heterocycles. The predicted octanol–water partition coefficient (Wildman–Crippen LogP) is 3.44. The molecule has 2 rings (SSSR count). The van der Waals surface area contributed by atoms with E-state index in [9.17, 15) is 14.3 Å². The molecular formula is C16H18NO5P. The van der Waals surface area contributed by atoms with Crippen LogP contribution in [0, 0.1) is 0 Å². The van der Waals surface area contributed by atoms with Crippen molar-refractivity contribution < 1.29 is 23.5 Å². The lowest BCUT2D eigenvalue weighted by atomic mass is 10.2. The van der Waals surface area contributed by atoms with E-state index in [4.69, 9.17) is 9.26 Å². The Labute approximate surface area is 134 Å². The summed E-state index contributed by atoms with van der Waals surface area (Å²) in [6, 6.07) is 17.8. The second kappa shape index (κ2) is 7.92. The van der Waals surface area contributed by atoms with Gasteiger partial charge >= 0.3 is 13.7 Å². The summed E-state index contributed by atoms with van der Waals surface area (Å²) in [5.41, 5.74) is 1.38. The minimum atomic E-state index is -3.79. The molecule has 0 heterocycles. The molecule has 2 atom stereocenters. The molecule has 0 saturated heterocycles. The van der Waals surface area contributed by atoms with Crippen LogP contribution in [-0.2, 0) is 20.4 Å². The van der Waals surface area contributed by atoms with E-state index in [-0.39, 0.29) is 6.61 Å². The van der Waals surface area contributed by atoms with E-state index < -0.39 is 19.9 Å². The monoisotopic (exact) mass is 335 g/mol. The van der Waals surface area contributed by atoms with Crippen LogP contribution in [0.1, 0.15) is 17.4 Å². The van der Waals surface area contributed by atoms with E-state index >= 15 is 0 Å². The fourth-order valence-electron chi connectivity index (χ4n) is 1.87. The van der Waals surface area contributed by atoms with Crippen molar-refractivity contribution >= 4 is 13.7 Å². The zero-order valence-corrected chi connectivity index (χ0v) is 13.5. The third kappa shape index (κ3) is 6.24. The molecule has 0 spiro atoms. The number of hydrogen-bond donors (Lipinski definition) is 2. The van der Waals surface area contributed by atoms with Gasteiger partial charge in [-0.25, -0.2) is 4.79 Å². The second-order valence-electron chi connectivity index (χ2n) is 4.91. The molecule has 0 radical (unpaired) electrons. The lowest BCUT2D eigenvalue weighted by molar-refractivity contribution is 0.100. The molecule has 1 amide bonds. The van der Waals surface area contributed by atoms with E-state index in [1.165, 1.54) is 0 Å². The van der Waals surface area contributed by atoms with Gasteiger partial charge in [0.15, 0.2) is 6.23 Å². The predicted molar refractivity (Wildman–Crippen MR) is 85.8 cm³/mol. The number of amides is 1. The van der Waals surface area contributed by atoms with Gasteiger partial charge in [0.1, 0.15) is 6.61 Å². The summed E-state index contributed by atoms with van der Waals surface area (Å²) in [7, 11) is -3.79. The highest BCUT2D eigenvalue weighted by Crippen LogP contribution is 2.41. The number of benzene rings is 2. The third-order valence-electron chi connectivity index (χ3n) is 2.87. The lowest BCUT2D eigenvalue weighted by Crippen LogP contribution is -2.30. The summed E-state index contributed by atoms with van der Waals surface area (Å²) in [4.78, 5) is 21.3. The third-order valence-corrected chi connectivity index (χ3v) is 3.47. The molecule has 0 saturated carbocycles. The first kappa shape index (κ1) is 17.2. The summed E-state index contributed by atoms with van der Waals surface area (Å²) < 4.78 is 21.6. The van der Waals surface area contributed by atoms with Gasteiger partial charge in [-0.1, -0.05) is 60.7 Å². The van der Waals surface area contributed by atoms with Gasteiger partial charge in [-0.2, -0.15) is 0 Å². The molecule has 0 aliphatic carbocycles. The van der Waals surface area contributed by atoms with Gasteiger partial charge in [0.25, 0.3) is 0 Å². The Morgan fingerprint density at radius 1 is 1.13 bits per heavy atom. The van der Waals surface area contributed by atoms with Gasteiger partial charge in [0.2, 0.25) is 0 Å². The number of hydrogen-bond acceptors (Lipinski definition) is 4. The number of ether oxygens (including phenoxy) is 1. The van der Waals surface area contributed by atoms with Crippen LogP contribution in [-0.4, -0.2) is 17.7 Å². The molecular weight excluding hydrogens is 317 g/mol. The summed E-state index contributed by atoms with van der Waals surface area (Å²) in [6.45, 7) is 1.15. The Kier molecular flexibility index (Phi) is 5.93. The quantitative estimate of drug-likeness (QED) is 0.624. The van der Waals surface area contributed by atoms with Crippen LogP contribution in [0.15, 0.2) is 60.7 Å². The number of carbonyl (C=O) groups excluding carboxylic acids is 1. The molecule has 0 fully saturated rings. The highest BCUT2D eigenvalue weighted by atomic mass is 31.2. The first-order valence-corrected chi connectivity index (χ1v) is 8.97. The van der Waals surface area contributed by atoms with E-state index in [0.29, 0.717) is 5.56 Å². The smallest absolute Gasteiger partial charge is 0.409 e. The van der Waals surface area contributed by atoms with Crippen LogP contribution in [0.2, 0.25) is 0 Å². The minimum absolute atomic E-state index is 0.0943. The standard InChI is InChI=1S/C16H18NO5P/c1-23(19,20)22-15(14-10-6-3-7-11-14)17-16(18)21-12-13-8-4-2-5-9-13/h2-11,15H,12H2,1H3,(H,17,18)(H,19,20). The van der Waals surface area contributed by atoms with Crippen molar-refractivity contribution in [2.45, 2.75) is 12.8 Å². The van der Waals surface area contributed by atoms with E-state index in [2.05, 4.69) is 5.32 Å². The second-order valence-corrected chi connectivity index (χ2v) is 6.72. The van der Waals surface area contributed by atoms with Crippen LogP contribution in [0.3, 0.4) is 0 Å². The van der Waals surface area contributed by atoms with Gasteiger partial charge < -0.3 is 9.63 Å². The normalized spacial score (nSPS) is 14.5. The zero-order chi connectivity index (χ0) is 16.7. The average molecular weight is 335 g/mol. The Morgan fingerprint density at radius 3 is 2.26 bits per heavy atom. The molecule has 2 N–H and O–H groups in total. The first-order chi connectivity index (χ1) is 10.9. The molecule has 0 bridgehead atoms. The largest absolute Gasteiger partial charge is 0.445 e. The number of carbonyl (C=O) groups is 1. The lowest BCUT2D eigenvalue weighted by Gasteiger charge is -2.20. The maximum Gasteiger partial charge on any atom is 0.409 e. The summed E-state index contributed by atoms with van der Waals surface area (Å²) in [6.07, 6.45) is -1.81. The van der Waals surface area contributed by atoms with Crippen LogP contribution >= 0.6 is 7.60 Å². The summed E-state index contributed by atoms with van der Waals surface area (Å²) in [5, 5.41) is 2.44. The summed E-state index contributed by atoms with van der Waals surface area (Å²) >= 11 is 0. The SMILES string of the molecule is CP(=O)(O)OC(NC(=O)OCc1ccccc1)c1ccccc1. The highest BCUT2D eigenvalue weighted by molar-refractivity contribution is 7.51. The molecule has 2 aromatic carbocycles. The molecule has 0 aliphatic rings. The van der Waals surface area contributed by atoms with Crippen molar-refractivity contribution in [2.24, 2.45) is 0 Å². The average Bonchev–Trinajstić information content (AvgIpc) is 2.53. The van der Waals surface area contributed by atoms with Gasteiger partial charge in [-0.05, 0) is 5.56 Å². The molecule has 2 aromatic rings. The zero-order valence-electron chi connectivity index (χ0n) is 12.6. The van der Waals surface area contributed by atoms with Crippen molar-refractivity contribution in [1.29, 1.82) is 0 Å². The minimum Gasteiger partial charge on any atom is -0.445 e. The van der Waals surface area contributed by atoms with E-state index in [0.717, 1.165) is 12.2 Å². The van der Waals surface area contributed by atoms with Crippen LogP contribution in [0.5, 0.6) is 0 Å². The maximum absolute atomic E-state index is 11.9. The Balaban J connectivity index is 1.99. The molecule has 2 unspecified atom stereocenters. The fraction of sp³-hybridized carbons (Fsp3) is 0.188. The Bertz CT molecular complexity index is 671. The fourth-order valence-corrected chi connectivity index (χ4v) is 2.43. The number of alkyl carbamates (subject to hydrolysis) is 1.